The van der Waals surface area contributed by atoms with Gasteiger partial charge in [0.15, 0.2) is 0 Å². The van der Waals surface area contributed by atoms with Gasteiger partial charge in [0.25, 0.3) is 6.54 Å². The molecule has 1 aliphatic rings. The standard InChI is InChI=1S/C24H22Cl2N6/c1-28-14-21-15-31(17-29-21)9-8-30-10-11-32(23-7-2-18(13-27)12-22(23)26)24(16-30)19-3-5-20(25)6-4-19/h2-7,12,15,17,24H,8-11,14,16H2. The minimum absolute atomic E-state index is 0.104. The minimum atomic E-state index is 0.104. The molecular weight excluding hydrogens is 443 g/mol. The average molecular weight is 465 g/mol. The van der Waals surface area contributed by atoms with E-state index in [9.17, 15) is 5.26 Å². The Balaban J connectivity index is 1.53. The van der Waals surface area contributed by atoms with Crippen molar-refractivity contribution in [3.63, 3.8) is 0 Å². The molecule has 8 heteroatoms. The molecule has 0 N–H and O–H groups in total. The van der Waals surface area contributed by atoms with Crippen LogP contribution in [0.4, 0.5) is 5.69 Å². The molecular formula is C24H22Cl2N6. The van der Waals surface area contributed by atoms with Crippen molar-refractivity contribution in [1.82, 2.24) is 14.5 Å². The highest BCUT2D eigenvalue weighted by Crippen LogP contribution is 2.36. The van der Waals surface area contributed by atoms with Gasteiger partial charge in [0, 0.05) is 43.9 Å². The number of piperazine rings is 1. The Kier molecular flexibility index (Phi) is 6.97. The highest BCUT2D eigenvalue weighted by atomic mass is 35.5. The molecule has 0 bridgehead atoms. The third kappa shape index (κ3) is 5.06. The molecule has 0 radical (unpaired) electrons. The number of rotatable bonds is 6. The highest BCUT2D eigenvalue weighted by molar-refractivity contribution is 6.33. The number of imidazole rings is 1. The van der Waals surface area contributed by atoms with Crippen molar-refractivity contribution in [3.05, 3.63) is 93.3 Å². The summed E-state index contributed by atoms with van der Waals surface area (Å²) in [6, 6.07) is 15.7. The molecule has 0 amide bonds. The lowest BCUT2D eigenvalue weighted by Crippen LogP contribution is -2.49. The summed E-state index contributed by atoms with van der Waals surface area (Å²) in [7, 11) is 0. The molecule has 2 aromatic carbocycles. The topological polar surface area (TPSA) is 52.5 Å². The number of halogens is 2. The molecule has 1 saturated heterocycles. The van der Waals surface area contributed by atoms with Gasteiger partial charge in [-0.2, -0.15) is 5.26 Å². The molecule has 1 unspecified atom stereocenters. The second-order valence-corrected chi connectivity index (χ2v) is 8.60. The summed E-state index contributed by atoms with van der Waals surface area (Å²) in [6.07, 6.45) is 3.74. The summed E-state index contributed by atoms with van der Waals surface area (Å²) in [5.41, 5.74) is 3.46. The third-order valence-electron chi connectivity index (χ3n) is 5.71. The number of hydrogen-bond donors (Lipinski definition) is 0. The van der Waals surface area contributed by atoms with Crippen LogP contribution in [0.3, 0.4) is 0 Å². The predicted octanol–water partition coefficient (Wildman–Crippen LogP) is 5.04. The fourth-order valence-electron chi connectivity index (χ4n) is 4.06. The lowest BCUT2D eigenvalue weighted by molar-refractivity contribution is 0.215. The molecule has 0 saturated carbocycles. The first-order valence-electron chi connectivity index (χ1n) is 10.4. The molecule has 2 heterocycles. The molecule has 0 aliphatic carbocycles. The number of benzene rings is 2. The van der Waals surface area contributed by atoms with E-state index in [1.807, 2.05) is 35.0 Å². The van der Waals surface area contributed by atoms with Gasteiger partial charge < -0.3 is 14.3 Å². The molecule has 162 valence electrons. The monoisotopic (exact) mass is 464 g/mol. The normalized spacial score (nSPS) is 16.5. The second-order valence-electron chi connectivity index (χ2n) is 7.76. The van der Waals surface area contributed by atoms with Gasteiger partial charge >= 0.3 is 0 Å². The number of hydrogen-bond acceptors (Lipinski definition) is 4. The van der Waals surface area contributed by atoms with E-state index in [1.165, 1.54) is 5.56 Å². The van der Waals surface area contributed by atoms with Crippen molar-refractivity contribution in [2.24, 2.45) is 0 Å². The summed E-state index contributed by atoms with van der Waals surface area (Å²) in [6.45, 7) is 11.5. The number of anilines is 1. The van der Waals surface area contributed by atoms with Gasteiger partial charge in [-0.25, -0.2) is 11.6 Å². The van der Waals surface area contributed by atoms with Crippen LogP contribution < -0.4 is 4.90 Å². The van der Waals surface area contributed by atoms with E-state index in [1.54, 1.807) is 12.4 Å². The van der Waals surface area contributed by atoms with E-state index in [0.29, 0.717) is 22.2 Å². The van der Waals surface area contributed by atoms with E-state index in [4.69, 9.17) is 29.8 Å². The number of nitriles is 1. The van der Waals surface area contributed by atoms with Crippen molar-refractivity contribution in [2.75, 3.05) is 31.1 Å². The van der Waals surface area contributed by atoms with Crippen LogP contribution in [0.15, 0.2) is 55.0 Å². The Bertz CT molecular complexity index is 1160. The fourth-order valence-corrected chi connectivity index (χ4v) is 4.47. The molecule has 3 aromatic rings. The largest absolute Gasteiger partial charge is 0.361 e. The van der Waals surface area contributed by atoms with Gasteiger partial charge in [-0.05, 0) is 35.9 Å². The first-order chi connectivity index (χ1) is 15.6. The van der Waals surface area contributed by atoms with Crippen LogP contribution in [0.5, 0.6) is 0 Å². The Hall–Kier alpha value is -3.03. The molecule has 6 nitrogen and oxygen atoms in total. The lowest BCUT2D eigenvalue weighted by atomic mass is 10.0. The fraction of sp³-hybridized carbons (Fsp3) is 0.292. The van der Waals surface area contributed by atoms with Crippen molar-refractivity contribution in [1.29, 1.82) is 5.26 Å². The minimum Gasteiger partial charge on any atom is -0.361 e. The summed E-state index contributed by atoms with van der Waals surface area (Å²) in [5, 5.41) is 10.5. The maximum atomic E-state index is 9.18. The van der Waals surface area contributed by atoms with Crippen molar-refractivity contribution < 1.29 is 0 Å². The average Bonchev–Trinajstić information content (AvgIpc) is 3.26. The zero-order valence-electron chi connectivity index (χ0n) is 17.5. The third-order valence-corrected chi connectivity index (χ3v) is 6.26. The number of aromatic nitrogens is 2. The van der Waals surface area contributed by atoms with Gasteiger partial charge in [-0.3, -0.25) is 4.90 Å². The van der Waals surface area contributed by atoms with Crippen molar-refractivity contribution in [3.8, 4) is 6.07 Å². The van der Waals surface area contributed by atoms with Crippen LogP contribution in [0, 0.1) is 17.9 Å². The Morgan fingerprint density at radius 2 is 1.94 bits per heavy atom. The summed E-state index contributed by atoms with van der Waals surface area (Å²) in [5.74, 6) is 0. The summed E-state index contributed by atoms with van der Waals surface area (Å²) >= 11 is 12.7. The molecule has 1 atom stereocenters. The van der Waals surface area contributed by atoms with Gasteiger partial charge in [-0.15, -0.1) is 0 Å². The zero-order chi connectivity index (χ0) is 22.5. The van der Waals surface area contributed by atoms with E-state index in [0.717, 1.165) is 44.1 Å². The summed E-state index contributed by atoms with van der Waals surface area (Å²) in [4.78, 5) is 12.4. The molecule has 1 aromatic heterocycles. The van der Waals surface area contributed by atoms with E-state index in [2.05, 4.69) is 37.8 Å². The Morgan fingerprint density at radius 1 is 1.12 bits per heavy atom. The molecule has 4 rings (SSSR count). The maximum Gasteiger partial charge on any atom is 0.257 e. The van der Waals surface area contributed by atoms with Crippen LogP contribution in [0.1, 0.15) is 22.9 Å². The lowest BCUT2D eigenvalue weighted by Gasteiger charge is -2.43. The van der Waals surface area contributed by atoms with Crippen LogP contribution in [0.25, 0.3) is 4.85 Å². The van der Waals surface area contributed by atoms with Gasteiger partial charge in [-0.1, -0.05) is 35.3 Å². The molecule has 1 aliphatic heterocycles. The van der Waals surface area contributed by atoms with Gasteiger partial charge in [0.2, 0.25) is 0 Å². The highest BCUT2D eigenvalue weighted by Gasteiger charge is 2.29. The molecule has 1 fully saturated rings. The van der Waals surface area contributed by atoms with Gasteiger partial charge in [0.1, 0.15) is 5.69 Å². The summed E-state index contributed by atoms with van der Waals surface area (Å²) < 4.78 is 2.04. The first kappa shape index (κ1) is 22.2. The van der Waals surface area contributed by atoms with Crippen molar-refractivity contribution >= 4 is 28.9 Å². The maximum absolute atomic E-state index is 9.18. The van der Waals surface area contributed by atoms with Crippen LogP contribution in [-0.2, 0) is 13.1 Å². The molecule has 32 heavy (non-hydrogen) atoms. The van der Waals surface area contributed by atoms with Gasteiger partial charge in [0.05, 0.1) is 34.7 Å². The SMILES string of the molecule is [C-]#[N+]Cc1cn(CCN2CCN(c3ccc(C#N)cc3Cl)C(c3ccc(Cl)cc3)C2)cn1. The van der Waals surface area contributed by atoms with Crippen molar-refractivity contribution in [2.45, 2.75) is 19.1 Å². The van der Waals surface area contributed by atoms with E-state index in [-0.39, 0.29) is 6.04 Å². The predicted molar refractivity (Wildman–Crippen MR) is 127 cm³/mol. The van der Waals surface area contributed by atoms with E-state index < -0.39 is 0 Å². The van der Waals surface area contributed by atoms with Crippen LogP contribution in [0.2, 0.25) is 10.0 Å². The smallest absolute Gasteiger partial charge is 0.257 e. The zero-order valence-corrected chi connectivity index (χ0v) is 19.0. The Morgan fingerprint density at radius 3 is 2.66 bits per heavy atom. The first-order valence-corrected chi connectivity index (χ1v) is 11.1. The van der Waals surface area contributed by atoms with Crippen LogP contribution in [-0.4, -0.2) is 40.6 Å². The second kappa shape index (κ2) is 10.1. The van der Waals surface area contributed by atoms with Crippen LogP contribution >= 0.6 is 23.2 Å². The molecule has 0 spiro atoms. The number of nitrogens with zero attached hydrogens (tertiary/aromatic N) is 6. The quantitative estimate of drug-likeness (QED) is 0.479. The Labute approximate surface area is 198 Å². The van der Waals surface area contributed by atoms with E-state index >= 15 is 0 Å².